The minimum atomic E-state index is -3.67. The summed E-state index contributed by atoms with van der Waals surface area (Å²) in [5.41, 5.74) is 0.901. The van der Waals surface area contributed by atoms with Crippen LogP contribution in [0.5, 0.6) is 0 Å². The number of carbonyl (C=O) groups excluding carboxylic acids is 1. The molecule has 3 rings (SSSR count). The second kappa shape index (κ2) is 8.46. The lowest BCUT2D eigenvalue weighted by Gasteiger charge is -2.14. The van der Waals surface area contributed by atoms with Gasteiger partial charge in [-0.2, -0.15) is 0 Å². The van der Waals surface area contributed by atoms with E-state index < -0.39 is 15.9 Å². The molecule has 0 saturated heterocycles. The lowest BCUT2D eigenvalue weighted by Crippen LogP contribution is -2.24. The third-order valence-corrected chi connectivity index (χ3v) is 7.98. The maximum absolute atomic E-state index is 12.7. The van der Waals surface area contributed by atoms with Crippen molar-refractivity contribution in [3.05, 3.63) is 50.3 Å². The Balaban J connectivity index is 1.77. The van der Waals surface area contributed by atoms with Gasteiger partial charge in [0.2, 0.25) is 15.9 Å². The highest BCUT2D eigenvalue weighted by atomic mass is 35.5. The summed E-state index contributed by atoms with van der Waals surface area (Å²) in [4.78, 5) is 31.2. The van der Waals surface area contributed by atoms with Crippen molar-refractivity contribution in [1.29, 1.82) is 0 Å². The quantitative estimate of drug-likeness (QED) is 0.599. The summed E-state index contributed by atoms with van der Waals surface area (Å²) in [6.45, 7) is 3.95. The van der Waals surface area contributed by atoms with Gasteiger partial charge in [0.1, 0.15) is 4.83 Å². The predicted molar refractivity (Wildman–Crippen MR) is 119 cm³/mol. The molecule has 0 unspecified atom stereocenters. The van der Waals surface area contributed by atoms with E-state index in [0.717, 1.165) is 14.7 Å². The van der Waals surface area contributed by atoms with Gasteiger partial charge in [0, 0.05) is 31.9 Å². The van der Waals surface area contributed by atoms with Crippen LogP contribution >= 0.6 is 22.9 Å². The third-order valence-electron chi connectivity index (χ3n) is 4.73. The van der Waals surface area contributed by atoms with Gasteiger partial charge >= 0.3 is 0 Å². The van der Waals surface area contributed by atoms with Gasteiger partial charge < -0.3 is 5.32 Å². The Labute approximate surface area is 183 Å². The number of hydrogen-bond acceptors (Lipinski definition) is 6. The molecule has 0 atom stereocenters. The molecule has 0 spiro atoms. The standard InChI is InChI=1S/C19H21ClN4O4S2/c1-11-12(2)29-18-17(11)19(26)24(10-21-18)8-7-16(25)22-15-9-13(5-6-14(15)20)30(27,28)23(3)4/h5-6,9-10H,7-8H2,1-4H3,(H,22,25). The van der Waals surface area contributed by atoms with Crippen LogP contribution in [-0.4, -0.2) is 42.3 Å². The Bertz CT molecular complexity index is 1300. The molecular weight excluding hydrogens is 448 g/mol. The molecule has 11 heteroatoms. The van der Waals surface area contributed by atoms with Crippen molar-refractivity contribution in [2.24, 2.45) is 0 Å². The van der Waals surface area contributed by atoms with Gasteiger partial charge in [-0.3, -0.25) is 14.2 Å². The van der Waals surface area contributed by atoms with Gasteiger partial charge in [-0.15, -0.1) is 11.3 Å². The summed E-state index contributed by atoms with van der Waals surface area (Å²) in [5, 5.41) is 3.40. The number of rotatable bonds is 6. The van der Waals surface area contributed by atoms with Crippen molar-refractivity contribution < 1.29 is 13.2 Å². The molecule has 2 heterocycles. The van der Waals surface area contributed by atoms with Crippen LogP contribution in [-0.2, 0) is 21.4 Å². The summed E-state index contributed by atoms with van der Waals surface area (Å²) in [6, 6.07) is 4.10. The van der Waals surface area contributed by atoms with E-state index in [0.29, 0.717) is 10.2 Å². The van der Waals surface area contributed by atoms with Crippen molar-refractivity contribution in [2.75, 3.05) is 19.4 Å². The molecule has 0 aliphatic rings. The van der Waals surface area contributed by atoms with Crippen LogP contribution in [0.2, 0.25) is 5.02 Å². The van der Waals surface area contributed by atoms with Crippen molar-refractivity contribution in [1.82, 2.24) is 13.9 Å². The number of aromatic nitrogens is 2. The minimum absolute atomic E-state index is 0.00372. The van der Waals surface area contributed by atoms with E-state index in [1.807, 2.05) is 13.8 Å². The smallest absolute Gasteiger partial charge is 0.262 e. The van der Waals surface area contributed by atoms with Crippen LogP contribution in [0.1, 0.15) is 16.9 Å². The van der Waals surface area contributed by atoms with Crippen LogP contribution < -0.4 is 10.9 Å². The number of carbonyl (C=O) groups is 1. The number of thiophene rings is 1. The van der Waals surface area contributed by atoms with E-state index in [9.17, 15) is 18.0 Å². The Kier molecular flexibility index (Phi) is 6.32. The molecule has 0 aliphatic heterocycles. The number of anilines is 1. The molecule has 1 N–H and O–H groups in total. The number of fused-ring (bicyclic) bond motifs is 1. The second-order valence-electron chi connectivity index (χ2n) is 6.93. The largest absolute Gasteiger partial charge is 0.325 e. The molecule has 160 valence electrons. The van der Waals surface area contributed by atoms with Crippen molar-refractivity contribution in [3.8, 4) is 0 Å². The first-order chi connectivity index (χ1) is 14.0. The van der Waals surface area contributed by atoms with Crippen LogP contribution in [0.15, 0.2) is 34.2 Å². The Morgan fingerprint density at radius 3 is 2.67 bits per heavy atom. The fourth-order valence-corrected chi connectivity index (χ4v) is 4.92. The first-order valence-electron chi connectivity index (χ1n) is 8.99. The van der Waals surface area contributed by atoms with Crippen LogP contribution in [0, 0.1) is 13.8 Å². The topological polar surface area (TPSA) is 101 Å². The zero-order chi connectivity index (χ0) is 22.2. The van der Waals surface area contributed by atoms with Gasteiger partial charge in [0.25, 0.3) is 5.56 Å². The summed E-state index contributed by atoms with van der Waals surface area (Å²) in [7, 11) is -0.829. The van der Waals surface area contributed by atoms with E-state index in [4.69, 9.17) is 11.6 Å². The van der Waals surface area contributed by atoms with Gasteiger partial charge in [0.15, 0.2) is 0 Å². The average molecular weight is 469 g/mol. The van der Waals surface area contributed by atoms with E-state index in [1.165, 1.54) is 54.5 Å². The zero-order valence-corrected chi connectivity index (χ0v) is 19.3. The summed E-state index contributed by atoms with van der Waals surface area (Å²) in [5.74, 6) is -0.401. The number of hydrogen-bond donors (Lipinski definition) is 1. The number of sulfonamides is 1. The summed E-state index contributed by atoms with van der Waals surface area (Å²) in [6.07, 6.45) is 1.43. The molecule has 1 amide bonds. The van der Waals surface area contributed by atoms with Gasteiger partial charge in [0.05, 0.1) is 27.3 Å². The maximum atomic E-state index is 12.7. The normalized spacial score (nSPS) is 11.9. The van der Waals surface area contributed by atoms with Crippen LogP contribution in [0.25, 0.3) is 10.2 Å². The first kappa shape index (κ1) is 22.4. The monoisotopic (exact) mass is 468 g/mol. The molecule has 8 nitrogen and oxygen atoms in total. The lowest BCUT2D eigenvalue weighted by molar-refractivity contribution is -0.116. The molecule has 0 bridgehead atoms. The maximum Gasteiger partial charge on any atom is 0.262 e. The molecule has 2 aromatic heterocycles. The number of aryl methyl sites for hydroxylation is 3. The zero-order valence-electron chi connectivity index (χ0n) is 16.9. The van der Waals surface area contributed by atoms with Gasteiger partial charge in [-0.25, -0.2) is 17.7 Å². The molecule has 30 heavy (non-hydrogen) atoms. The molecule has 0 fully saturated rings. The molecular formula is C19H21ClN4O4S2. The first-order valence-corrected chi connectivity index (χ1v) is 11.6. The minimum Gasteiger partial charge on any atom is -0.325 e. The van der Waals surface area contributed by atoms with E-state index >= 15 is 0 Å². The Hall–Kier alpha value is -2.27. The Morgan fingerprint density at radius 2 is 2.00 bits per heavy atom. The van der Waals surface area contributed by atoms with Crippen molar-refractivity contribution in [3.63, 3.8) is 0 Å². The Morgan fingerprint density at radius 1 is 1.30 bits per heavy atom. The predicted octanol–water partition coefficient (Wildman–Crippen LogP) is 3.01. The molecule has 0 saturated carbocycles. The number of nitrogens with zero attached hydrogens (tertiary/aromatic N) is 3. The highest BCUT2D eigenvalue weighted by Gasteiger charge is 2.19. The summed E-state index contributed by atoms with van der Waals surface area (Å²) < 4.78 is 27.1. The van der Waals surface area contributed by atoms with E-state index in [-0.39, 0.29) is 34.1 Å². The number of amides is 1. The van der Waals surface area contributed by atoms with Crippen molar-refractivity contribution in [2.45, 2.75) is 31.7 Å². The van der Waals surface area contributed by atoms with Crippen molar-refractivity contribution >= 4 is 54.8 Å². The van der Waals surface area contributed by atoms with Crippen LogP contribution in [0.3, 0.4) is 0 Å². The highest BCUT2D eigenvalue weighted by Crippen LogP contribution is 2.27. The van der Waals surface area contributed by atoms with Gasteiger partial charge in [-0.05, 0) is 37.6 Å². The van der Waals surface area contributed by atoms with Crippen LogP contribution in [0.4, 0.5) is 5.69 Å². The fraction of sp³-hybridized carbons (Fsp3) is 0.316. The molecule has 0 aliphatic carbocycles. The molecule has 0 radical (unpaired) electrons. The number of nitrogens with one attached hydrogen (secondary N) is 1. The molecule has 1 aromatic carbocycles. The van der Waals surface area contributed by atoms with E-state index in [1.54, 1.807) is 0 Å². The average Bonchev–Trinajstić information content (AvgIpc) is 2.97. The second-order valence-corrected chi connectivity index (χ2v) is 10.7. The summed E-state index contributed by atoms with van der Waals surface area (Å²) >= 11 is 7.57. The SMILES string of the molecule is Cc1sc2ncn(CCC(=O)Nc3cc(S(=O)(=O)N(C)C)ccc3Cl)c(=O)c2c1C. The number of halogens is 1. The third kappa shape index (κ3) is 4.27. The molecule has 3 aromatic rings. The number of benzene rings is 1. The fourth-order valence-electron chi connectivity index (χ4n) is 2.84. The lowest BCUT2D eigenvalue weighted by atomic mass is 10.2. The van der Waals surface area contributed by atoms with Gasteiger partial charge in [-0.1, -0.05) is 11.6 Å². The van der Waals surface area contributed by atoms with E-state index in [2.05, 4.69) is 10.3 Å². The highest BCUT2D eigenvalue weighted by molar-refractivity contribution is 7.89.